The van der Waals surface area contributed by atoms with E-state index in [0.717, 1.165) is 13.0 Å². The van der Waals surface area contributed by atoms with Crippen LogP contribution in [0, 0.1) is 0 Å². The summed E-state index contributed by atoms with van der Waals surface area (Å²) < 4.78 is 0. The average Bonchev–Trinajstić information content (AvgIpc) is 2.49. The van der Waals surface area contributed by atoms with Crippen LogP contribution in [-0.4, -0.2) is 24.3 Å². The van der Waals surface area contributed by atoms with Crippen molar-refractivity contribution >= 4 is 11.3 Å². The summed E-state index contributed by atoms with van der Waals surface area (Å²) in [6.45, 7) is 3.42. The molecule has 0 aliphatic rings. The number of aliphatic hydroxyl groups is 1. The van der Waals surface area contributed by atoms with Crippen molar-refractivity contribution in [2.24, 2.45) is 0 Å². The molecule has 0 saturated heterocycles. The molecule has 1 rings (SSSR count). The average molecular weight is 185 g/mol. The highest BCUT2D eigenvalue weighted by Gasteiger charge is 1.95. The zero-order valence-corrected chi connectivity index (χ0v) is 8.10. The van der Waals surface area contributed by atoms with E-state index in [1.54, 1.807) is 18.3 Å². The molecule has 0 spiro atoms. The summed E-state index contributed by atoms with van der Waals surface area (Å²) in [6, 6.07) is 2.13. The van der Waals surface area contributed by atoms with E-state index in [1.165, 1.54) is 5.56 Å². The molecule has 0 saturated carbocycles. The van der Waals surface area contributed by atoms with Crippen molar-refractivity contribution in [2.75, 3.05) is 13.1 Å². The van der Waals surface area contributed by atoms with Gasteiger partial charge in [-0.15, -0.1) is 0 Å². The fraction of sp³-hybridized carbons (Fsp3) is 0.556. The lowest BCUT2D eigenvalue weighted by Crippen LogP contribution is -2.26. The van der Waals surface area contributed by atoms with E-state index >= 15 is 0 Å². The standard InChI is InChI=1S/C9H15NOS/c1-8(11)6-10-4-2-9-3-5-12-7-9/h3,5,7-8,10-11H,2,4,6H2,1H3/t8-/m0/s1. The summed E-state index contributed by atoms with van der Waals surface area (Å²) in [6.07, 6.45) is 0.809. The second-order valence-electron chi connectivity index (χ2n) is 2.93. The van der Waals surface area contributed by atoms with Crippen molar-refractivity contribution in [2.45, 2.75) is 19.4 Å². The minimum absolute atomic E-state index is 0.243. The van der Waals surface area contributed by atoms with E-state index in [0.29, 0.717) is 6.54 Å². The summed E-state index contributed by atoms with van der Waals surface area (Å²) in [5.41, 5.74) is 1.37. The quantitative estimate of drug-likeness (QED) is 0.677. The second-order valence-corrected chi connectivity index (χ2v) is 3.71. The molecule has 1 heterocycles. The Kier molecular flexibility index (Phi) is 4.29. The Morgan fingerprint density at radius 1 is 1.67 bits per heavy atom. The highest BCUT2D eigenvalue weighted by atomic mass is 32.1. The molecular formula is C9H15NOS. The van der Waals surface area contributed by atoms with Gasteiger partial charge in [0.15, 0.2) is 0 Å². The van der Waals surface area contributed by atoms with Crippen molar-refractivity contribution in [3.05, 3.63) is 22.4 Å². The van der Waals surface area contributed by atoms with Crippen LogP contribution in [0.15, 0.2) is 16.8 Å². The van der Waals surface area contributed by atoms with Gasteiger partial charge < -0.3 is 10.4 Å². The first kappa shape index (κ1) is 9.71. The normalized spacial score (nSPS) is 13.2. The van der Waals surface area contributed by atoms with Crippen molar-refractivity contribution in [3.63, 3.8) is 0 Å². The number of hydrogen-bond donors (Lipinski definition) is 2. The Hall–Kier alpha value is -0.380. The maximum absolute atomic E-state index is 8.95. The Morgan fingerprint density at radius 2 is 2.50 bits per heavy atom. The lowest BCUT2D eigenvalue weighted by Gasteiger charge is -2.05. The Morgan fingerprint density at radius 3 is 3.08 bits per heavy atom. The van der Waals surface area contributed by atoms with Crippen LogP contribution in [-0.2, 0) is 6.42 Å². The van der Waals surface area contributed by atoms with Crippen molar-refractivity contribution in [1.82, 2.24) is 5.32 Å². The molecule has 0 fully saturated rings. The van der Waals surface area contributed by atoms with Gasteiger partial charge in [-0.25, -0.2) is 0 Å². The van der Waals surface area contributed by atoms with Crippen molar-refractivity contribution in [3.8, 4) is 0 Å². The molecule has 68 valence electrons. The number of thiophene rings is 1. The topological polar surface area (TPSA) is 32.3 Å². The van der Waals surface area contributed by atoms with Gasteiger partial charge in [0.1, 0.15) is 0 Å². The van der Waals surface area contributed by atoms with E-state index in [-0.39, 0.29) is 6.10 Å². The highest BCUT2D eigenvalue weighted by Crippen LogP contribution is 2.05. The van der Waals surface area contributed by atoms with Crippen molar-refractivity contribution in [1.29, 1.82) is 0 Å². The number of nitrogens with one attached hydrogen (secondary N) is 1. The lowest BCUT2D eigenvalue weighted by molar-refractivity contribution is 0.191. The minimum Gasteiger partial charge on any atom is -0.392 e. The number of aliphatic hydroxyl groups excluding tert-OH is 1. The van der Waals surface area contributed by atoms with Crippen molar-refractivity contribution < 1.29 is 5.11 Å². The first-order valence-electron chi connectivity index (χ1n) is 4.19. The van der Waals surface area contributed by atoms with Gasteiger partial charge in [0.2, 0.25) is 0 Å². The van der Waals surface area contributed by atoms with E-state index in [1.807, 2.05) is 0 Å². The summed E-state index contributed by atoms with van der Waals surface area (Å²) in [7, 11) is 0. The molecule has 0 unspecified atom stereocenters. The van der Waals surface area contributed by atoms with E-state index in [9.17, 15) is 0 Å². The van der Waals surface area contributed by atoms with Gasteiger partial charge in [-0.3, -0.25) is 0 Å². The summed E-state index contributed by atoms with van der Waals surface area (Å²) in [5.74, 6) is 0. The molecular weight excluding hydrogens is 170 g/mol. The van der Waals surface area contributed by atoms with Gasteiger partial charge in [-0.2, -0.15) is 11.3 Å². The van der Waals surface area contributed by atoms with Crippen LogP contribution in [0.25, 0.3) is 0 Å². The van der Waals surface area contributed by atoms with E-state index < -0.39 is 0 Å². The first-order chi connectivity index (χ1) is 5.79. The fourth-order valence-electron chi connectivity index (χ4n) is 0.979. The molecule has 2 N–H and O–H groups in total. The SMILES string of the molecule is C[C@H](O)CNCCc1ccsc1. The predicted octanol–water partition coefficient (Wildman–Crippen LogP) is 1.26. The third kappa shape index (κ3) is 3.85. The number of hydrogen-bond acceptors (Lipinski definition) is 3. The van der Waals surface area contributed by atoms with Crippen LogP contribution >= 0.6 is 11.3 Å². The molecule has 1 aromatic rings. The monoisotopic (exact) mass is 185 g/mol. The van der Waals surface area contributed by atoms with Gasteiger partial charge in [0.05, 0.1) is 6.10 Å². The molecule has 1 atom stereocenters. The molecule has 0 aliphatic heterocycles. The molecule has 0 amide bonds. The van der Waals surface area contributed by atoms with Crippen LogP contribution < -0.4 is 5.32 Å². The Balaban J connectivity index is 2.04. The molecule has 3 heteroatoms. The predicted molar refractivity (Wildman–Crippen MR) is 52.6 cm³/mol. The van der Waals surface area contributed by atoms with Crippen LogP contribution in [0.3, 0.4) is 0 Å². The molecule has 0 aliphatic carbocycles. The maximum Gasteiger partial charge on any atom is 0.0636 e. The van der Waals surface area contributed by atoms with E-state index in [4.69, 9.17) is 5.11 Å². The van der Waals surface area contributed by atoms with Crippen LogP contribution in [0.1, 0.15) is 12.5 Å². The van der Waals surface area contributed by atoms with Gasteiger partial charge in [0, 0.05) is 6.54 Å². The van der Waals surface area contributed by atoms with E-state index in [2.05, 4.69) is 22.1 Å². The lowest BCUT2D eigenvalue weighted by atomic mass is 10.2. The maximum atomic E-state index is 8.95. The van der Waals surface area contributed by atoms with Gasteiger partial charge in [-0.1, -0.05) is 0 Å². The molecule has 12 heavy (non-hydrogen) atoms. The Bertz CT molecular complexity index is 196. The highest BCUT2D eigenvalue weighted by molar-refractivity contribution is 7.07. The van der Waals surface area contributed by atoms with Gasteiger partial charge >= 0.3 is 0 Å². The molecule has 1 aromatic heterocycles. The summed E-state index contributed by atoms with van der Waals surface area (Å²) in [4.78, 5) is 0. The largest absolute Gasteiger partial charge is 0.392 e. The third-order valence-corrected chi connectivity index (χ3v) is 2.34. The Labute approximate surface area is 77.2 Å². The minimum atomic E-state index is -0.243. The third-order valence-electron chi connectivity index (χ3n) is 1.61. The molecule has 0 bridgehead atoms. The molecule has 0 aromatic carbocycles. The van der Waals surface area contributed by atoms with Crippen LogP contribution in [0.4, 0.5) is 0 Å². The van der Waals surface area contributed by atoms with Gasteiger partial charge in [-0.05, 0) is 42.3 Å². The van der Waals surface area contributed by atoms with Gasteiger partial charge in [0.25, 0.3) is 0 Å². The van der Waals surface area contributed by atoms with Crippen LogP contribution in [0.2, 0.25) is 0 Å². The molecule has 0 radical (unpaired) electrons. The number of rotatable bonds is 5. The van der Waals surface area contributed by atoms with Crippen LogP contribution in [0.5, 0.6) is 0 Å². The smallest absolute Gasteiger partial charge is 0.0636 e. The fourth-order valence-corrected chi connectivity index (χ4v) is 1.68. The second kappa shape index (κ2) is 5.30. The summed E-state index contributed by atoms with van der Waals surface area (Å²) in [5, 5.41) is 16.4. The molecule has 2 nitrogen and oxygen atoms in total. The zero-order chi connectivity index (χ0) is 8.81. The summed E-state index contributed by atoms with van der Waals surface area (Å²) >= 11 is 1.73. The zero-order valence-electron chi connectivity index (χ0n) is 7.29. The first-order valence-corrected chi connectivity index (χ1v) is 5.13.